The average Bonchev–Trinajstić information content (AvgIpc) is 2.47. The maximum Gasteiger partial charge on any atom is 0.244 e. The third kappa shape index (κ3) is 3.99. The molecular formula is C13H15BrN4O2S. The minimum Gasteiger partial charge on any atom is -0.372 e. The molecule has 0 saturated heterocycles. The predicted molar refractivity (Wildman–Crippen MR) is 84.5 cm³/mol. The quantitative estimate of drug-likeness (QED) is 0.841. The largest absolute Gasteiger partial charge is 0.372 e. The molecule has 0 radical (unpaired) electrons. The summed E-state index contributed by atoms with van der Waals surface area (Å²) in [5.41, 5.74) is 1.67. The smallest absolute Gasteiger partial charge is 0.244 e. The van der Waals surface area contributed by atoms with E-state index in [0.717, 1.165) is 11.3 Å². The third-order valence-corrected chi connectivity index (χ3v) is 4.63. The van der Waals surface area contributed by atoms with Crippen molar-refractivity contribution in [1.29, 1.82) is 0 Å². The molecule has 0 aliphatic carbocycles. The van der Waals surface area contributed by atoms with E-state index in [1.54, 1.807) is 13.2 Å². The van der Waals surface area contributed by atoms with Crippen molar-refractivity contribution in [3.63, 3.8) is 0 Å². The van der Waals surface area contributed by atoms with E-state index in [1.807, 2.05) is 19.1 Å². The number of rotatable bonds is 5. The standard InChI is InChI=1S/C13H15BrN4O2S/c1-9-3-4-10(6-16-9)7-18-21(19,20)12-5-11(14)8-17-13(12)15-2/h3-6,8,18H,7H2,1-2H3,(H,15,17). The average molecular weight is 371 g/mol. The molecule has 2 N–H and O–H groups in total. The van der Waals surface area contributed by atoms with Crippen LogP contribution in [0, 0.1) is 6.92 Å². The van der Waals surface area contributed by atoms with Crippen LogP contribution in [-0.2, 0) is 16.6 Å². The first-order valence-electron chi connectivity index (χ1n) is 6.17. The summed E-state index contributed by atoms with van der Waals surface area (Å²) >= 11 is 3.23. The molecule has 0 aliphatic heterocycles. The van der Waals surface area contributed by atoms with E-state index in [-0.39, 0.29) is 11.4 Å². The van der Waals surface area contributed by atoms with Gasteiger partial charge in [-0.05, 0) is 40.5 Å². The minimum atomic E-state index is -3.67. The molecule has 2 aromatic rings. The van der Waals surface area contributed by atoms with Gasteiger partial charge >= 0.3 is 0 Å². The topological polar surface area (TPSA) is 84.0 Å². The maximum atomic E-state index is 12.4. The van der Waals surface area contributed by atoms with Crippen LogP contribution in [0.2, 0.25) is 0 Å². The SMILES string of the molecule is CNc1ncc(Br)cc1S(=O)(=O)NCc1ccc(C)nc1. The molecular weight excluding hydrogens is 356 g/mol. The Hall–Kier alpha value is -1.51. The van der Waals surface area contributed by atoms with Crippen LogP contribution in [0.5, 0.6) is 0 Å². The zero-order valence-corrected chi connectivity index (χ0v) is 14.0. The maximum absolute atomic E-state index is 12.4. The van der Waals surface area contributed by atoms with Crippen molar-refractivity contribution >= 4 is 31.8 Å². The Morgan fingerprint density at radius 1 is 1.24 bits per heavy atom. The number of nitrogens with zero attached hydrogens (tertiary/aromatic N) is 2. The molecule has 6 nitrogen and oxygen atoms in total. The highest BCUT2D eigenvalue weighted by atomic mass is 79.9. The van der Waals surface area contributed by atoms with Crippen molar-refractivity contribution in [3.8, 4) is 0 Å². The van der Waals surface area contributed by atoms with Gasteiger partial charge in [0.05, 0.1) is 0 Å². The number of anilines is 1. The van der Waals surface area contributed by atoms with Gasteiger partial charge in [0.25, 0.3) is 0 Å². The molecule has 21 heavy (non-hydrogen) atoms. The highest BCUT2D eigenvalue weighted by Gasteiger charge is 2.19. The van der Waals surface area contributed by atoms with Crippen molar-refractivity contribution in [1.82, 2.24) is 14.7 Å². The van der Waals surface area contributed by atoms with Gasteiger partial charge in [0.1, 0.15) is 10.7 Å². The van der Waals surface area contributed by atoms with E-state index in [1.165, 1.54) is 12.3 Å². The molecule has 8 heteroatoms. The van der Waals surface area contributed by atoms with Gasteiger partial charge in [-0.2, -0.15) is 0 Å². The van der Waals surface area contributed by atoms with E-state index >= 15 is 0 Å². The van der Waals surface area contributed by atoms with Crippen LogP contribution in [0.1, 0.15) is 11.3 Å². The van der Waals surface area contributed by atoms with Crippen molar-refractivity contribution in [3.05, 3.63) is 46.3 Å². The zero-order valence-electron chi connectivity index (χ0n) is 11.6. The monoisotopic (exact) mass is 370 g/mol. The van der Waals surface area contributed by atoms with Gasteiger partial charge in [-0.25, -0.2) is 18.1 Å². The molecule has 0 aromatic carbocycles. The molecule has 0 aliphatic rings. The molecule has 2 rings (SSSR count). The molecule has 0 saturated carbocycles. The van der Waals surface area contributed by atoms with E-state index < -0.39 is 10.0 Å². The lowest BCUT2D eigenvalue weighted by atomic mass is 10.2. The summed E-state index contributed by atoms with van der Waals surface area (Å²) in [6.45, 7) is 2.05. The molecule has 2 heterocycles. The number of pyridine rings is 2. The third-order valence-electron chi connectivity index (χ3n) is 2.78. The molecule has 0 amide bonds. The number of hydrogen-bond donors (Lipinski definition) is 2. The molecule has 0 spiro atoms. The summed E-state index contributed by atoms with van der Waals surface area (Å²) in [6.07, 6.45) is 3.19. The molecule has 0 unspecified atom stereocenters. The van der Waals surface area contributed by atoms with Crippen LogP contribution < -0.4 is 10.0 Å². The van der Waals surface area contributed by atoms with Crippen LogP contribution >= 0.6 is 15.9 Å². The first kappa shape index (κ1) is 15.9. The Labute approximate surface area is 132 Å². The molecule has 0 fully saturated rings. The first-order chi connectivity index (χ1) is 9.92. The predicted octanol–water partition coefficient (Wildman–Crippen LogP) is 2.07. The number of hydrogen-bond acceptors (Lipinski definition) is 5. The van der Waals surface area contributed by atoms with Crippen LogP contribution in [-0.4, -0.2) is 25.4 Å². The second-order valence-electron chi connectivity index (χ2n) is 4.38. The first-order valence-corrected chi connectivity index (χ1v) is 8.44. The van der Waals surface area contributed by atoms with Gasteiger partial charge in [-0.3, -0.25) is 4.98 Å². The minimum absolute atomic E-state index is 0.0967. The second-order valence-corrected chi connectivity index (χ2v) is 7.03. The lowest BCUT2D eigenvalue weighted by molar-refractivity contribution is 0.581. The Kier molecular flexibility index (Phi) is 4.92. The van der Waals surface area contributed by atoms with Crippen LogP contribution in [0.3, 0.4) is 0 Å². The fourth-order valence-electron chi connectivity index (χ4n) is 1.67. The Bertz CT molecular complexity index is 732. The van der Waals surface area contributed by atoms with Crippen LogP contribution in [0.25, 0.3) is 0 Å². The van der Waals surface area contributed by atoms with Gasteiger partial charge in [-0.1, -0.05) is 6.07 Å². The summed E-state index contributed by atoms with van der Waals surface area (Å²) < 4.78 is 27.9. The number of nitrogens with one attached hydrogen (secondary N) is 2. The number of halogens is 1. The van der Waals surface area contributed by atoms with Crippen molar-refractivity contribution < 1.29 is 8.42 Å². The van der Waals surface area contributed by atoms with Gasteiger partial charge in [0.2, 0.25) is 10.0 Å². The van der Waals surface area contributed by atoms with E-state index in [9.17, 15) is 8.42 Å². The van der Waals surface area contributed by atoms with E-state index in [4.69, 9.17) is 0 Å². The molecule has 2 aromatic heterocycles. The Morgan fingerprint density at radius 3 is 2.62 bits per heavy atom. The van der Waals surface area contributed by atoms with Gasteiger partial charge < -0.3 is 5.32 Å². The number of aryl methyl sites for hydroxylation is 1. The lowest BCUT2D eigenvalue weighted by Crippen LogP contribution is -2.24. The summed E-state index contributed by atoms with van der Waals surface area (Å²) in [5.74, 6) is 0.299. The van der Waals surface area contributed by atoms with Crippen molar-refractivity contribution in [2.75, 3.05) is 12.4 Å². The summed E-state index contributed by atoms with van der Waals surface area (Å²) in [4.78, 5) is 8.27. The Morgan fingerprint density at radius 2 is 2.00 bits per heavy atom. The second kappa shape index (κ2) is 6.50. The van der Waals surface area contributed by atoms with Gasteiger partial charge in [-0.15, -0.1) is 0 Å². The number of aromatic nitrogens is 2. The van der Waals surface area contributed by atoms with Crippen LogP contribution in [0.4, 0.5) is 5.82 Å². The fraction of sp³-hybridized carbons (Fsp3) is 0.231. The van der Waals surface area contributed by atoms with Gasteiger partial charge in [0, 0.05) is 36.2 Å². The van der Waals surface area contributed by atoms with Crippen molar-refractivity contribution in [2.24, 2.45) is 0 Å². The Balaban J connectivity index is 2.22. The highest BCUT2D eigenvalue weighted by Crippen LogP contribution is 2.22. The molecule has 0 bridgehead atoms. The van der Waals surface area contributed by atoms with E-state index in [2.05, 4.69) is 35.9 Å². The lowest BCUT2D eigenvalue weighted by Gasteiger charge is -2.11. The summed E-state index contributed by atoms with van der Waals surface area (Å²) in [7, 11) is -2.04. The normalized spacial score (nSPS) is 11.4. The van der Waals surface area contributed by atoms with Gasteiger partial charge in [0.15, 0.2) is 0 Å². The zero-order chi connectivity index (χ0) is 15.5. The van der Waals surface area contributed by atoms with E-state index in [0.29, 0.717) is 10.3 Å². The molecule has 0 atom stereocenters. The van der Waals surface area contributed by atoms with Crippen molar-refractivity contribution in [2.45, 2.75) is 18.4 Å². The molecule has 112 valence electrons. The fourth-order valence-corrected chi connectivity index (χ4v) is 3.36. The highest BCUT2D eigenvalue weighted by molar-refractivity contribution is 9.10. The summed E-state index contributed by atoms with van der Waals surface area (Å²) in [6, 6.07) is 5.18. The number of sulfonamides is 1. The summed E-state index contributed by atoms with van der Waals surface area (Å²) in [5, 5.41) is 2.77. The van der Waals surface area contributed by atoms with Crippen LogP contribution in [0.15, 0.2) is 40.0 Å².